The zero-order valence-electron chi connectivity index (χ0n) is 12.4. The summed E-state index contributed by atoms with van der Waals surface area (Å²) in [5.74, 6) is 0.483. The van der Waals surface area contributed by atoms with Gasteiger partial charge >= 0.3 is 5.97 Å². The van der Waals surface area contributed by atoms with Crippen molar-refractivity contribution in [1.82, 2.24) is 14.5 Å². The molecule has 0 fully saturated rings. The van der Waals surface area contributed by atoms with E-state index in [-0.39, 0.29) is 5.97 Å². The SMILES string of the molecule is COC(=O)c1cccc(Cn2ccnc2-c2cncc(Br)c2)c1. The molecule has 116 valence electrons. The van der Waals surface area contributed by atoms with Crippen LogP contribution in [-0.4, -0.2) is 27.6 Å². The van der Waals surface area contributed by atoms with E-state index in [0.29, 0.717) is 12.1 Å². The summed E-state index contributed by atoms with van der Waals surface area (Å²) in [7, 11) is 1.38. The molecule has 0 aliphatic carbocycles. The molecular weight excluding hydrogens is 358 g/mol. The minimum Gasteiger partial charge on any atom is -0.465 e. The fraction of sp³-hybridized carbons (Fsp3) is 0.118. The van der Waals surface area contributed by atoms with Gasteiger partial charge in [-0.25, -0.2) is 9.78 Å². The molecule has 5 nitrogen and oxygen atoms in total. The number of ether oxygens (including phenoxy) is 1. The predicted octanol–water partition coefficient (Wildman–Crippen LogP) is 3.54. The van der Waals surface area contributed by atoms with Crippen LogP contribution < -0.4 is 0 Å². The van der Waals surface area contributed by atoms with Crippen molar-refractivity contribution in [2.45, 2.75) is 6.54 Å². The van der Waals surface area contributed by atoms with Gasteiger partial charge in [-0.1, -0.05) is 12.1 Å². The first-order chi connectivity index (χ1) is 11.2. The van der Waals surface area contributed by atoms with Crippen LogP contribution in [0.25, 0.3) is 11.4 Å². The van der Waals surface area contributed by atoms with E-state index in [9.17, 15) is 4.79 Å². The summed E-state index contributed by atoms with van der Waals surface area (Å²) < 4.78 is 7.68. The van der Waals surface area contributed by atoms with Gasteiger partial charge in [0.25, 0.3) is 0 Å². The molecule has 0 aliphatic heterocycles. The number of hydrogen-bond acceptors (Lipinski definition) is 4. The first-order valence-corrected chi connectivity index (χ1v) is 7.76. The molecule has 0 bridgehead atoms. The highest BCUT2D eigenvalue weighted by molar-refractivity contribution is 9.10. The number of hydrogen-bond donors (Lipinski definition) is 0. The molecule has 0 N–H and O–H groups in total. The molecule has 23 heavy (non-hydrogen) atoms. The summed E-state index contributed by atoms with van der Waals surface area (Å²) in [5.41, 5.74) is 2.46. The van der Waals surface area contributed by atoms with E-state index in [1.165, 1.54) is 7.11 Å². The third-order valence-electron chi connectivity index (χ3n) is 3.38. The topological polar surface area (TPSA) is 57.0 Å². The normalized spacial score (nSPS) is 10.5. The lowest BCUT2D eigenvalue weighted by Crippen LogP contribution is -2.05. The van der Waals surface area contributed by atoms with Crippen LogP contribution in [0.15, 0.2) is 59.6 Å². The van der Waals surface area contributed by atoms with Gasteiger partial charge in [0.1, 0.15) is 5.82 Å². The molecule has 0 spiro atoms. The van der Waals surface area contributed by atoms with Gasteiger partial charge in [-0.3, -0.25) is 4.98 Å². The summed E-state index contributed by atoms with van der Waals surface area (Å²) >= 11 is 3.42. The highest BCUT2D eigenvalue weighted by atomic mass is 79.9. The van der Waals surface area contributed by atoms with E-state index in [1.54, 1.807) is 24.7 Å². The predicted molar refractivity (Wildman–Crippen MR) is 90.0 cm³/mol. The van der Waals surface area contributed by atoms with Gasteiger partial charge in [-0.2, -0.15) is 0 Å². The maximum absolute atomic E-state index is 11.6. The molecular formula is C17H14BrN3O2. The van der Waals surface area contributed by atoms with Crippen LogP contribution in [0.3, 0.4) is 0 Å². The van der Waals surface area contributed by atoms with Crippen LogP contribution in [0.1, 0.15) is 15.9 Å². The van der Waals surface area contributed by atoms with Crippen LogP contribution in [-0.2, 0) is 11.3 Å². The first-order valence-electron chi connectivity index (χ1n) is 6.96. The number of rotatable bonds is 4. The van der Waals surface area contributed by atoms with Crippen LogP contribution in [0.2, 0.25) is 0 Å². The van der Waals surface area contributed by atoms with Crippen molar-refractivity contribution in [3.63, 3.8) is 0 Å². The molecule has 6 heteroatoms. The Morgan fingerprint density at radius 1 is 1.30 bits per heavy atom. The number of carbonyl (C=O) groups excluding carboxylic acids is 1. The van der Waals surface area contributed by atoms with Crippen molar-refractivity contribution in [1.29, 1.82) is 0 Å². The molecule has 3 aromatic rings. The second-order valence-electron chi connectivity index (χ2n) is 4.96. The summed E-state index contributed by atoms with van der Waals surface area (Å²) in [6, 6.07) is 9.35. The third kappa shape index (κ3) is 3.48. The molecule has 2 aromatic heterocycles. The number of imidazole rings is 1. The monoisotopic (exact) mass is 371 g/mol. The van der Waals surface area contributed by atoms with Crippen molar-refractivity contribution in [2.75, 3.05) is 7.11 Å². The lowest BCUT2D eigenvalue weighted by molar-refractivity contribution is 0.0600. The van der Waals surface area contributed by atoms with Gasteiger partial charge in [0.15, 0.2) is 0 Å². The van der Waals surface area contributed by atoms with E-state index in [1.807, 2.05) is 35.0 Å². The Morgan fingerprint density at radius 3 is 2.96 bits per heavy atom. The van der Waals surface area contributed by atoms with Gasteiger partial charge in [-0.15, -0.1) is 0 Å². The number of pyridine rings is 1. The van der Waals surface area contributed by atoms with Gasteiger partial charge in [0.05, 0.1) is 12.7 Å². The zero-order valence-corrected chi connectivity index (χ0v) is 14.0. The standard InChI is InChI=1S/C17H14BrN3O2/c1-23-17(22)13-4-2-3-12(7-13)11-21-6-5-20-16(21)14-8-15(18)10-19-9-14/h2-10H,11H2,1H3. The Balaban J connectivity index is 1.90. The second kappa shape index (κ2) is 6.75. The van der Waals surface area contributed by atoms with Gasteiger partial charge < -0.3 is 9.30 Å². The van der Waals surface area contributed by atoms with E-state index in [0.717, 1.165) is 21.4 Å². The summed E-state index contributed by atoms with van der Waals surface area (Å²) in [4.78, 5) is 20.2. The second-order valence-corrected chi connectivity index (χ2v) is 5.88. The van der Waals surface area contributed by atoms with Crippen molar-refractivity contribution >= 4 is 21.9 Å². The Bertz CT molecular complexity index is 845. The maximum atomic E-state index is 11.6. The summed E-state index contributed by atoms with van der Waals surface area (Å²) in [5, 5.41) is 0. The molecule has 0 radical (unpaired) electrons. The maximum Gasteiger partial charge on any atom is 0.337 e. The van der Waals surface area contributed by atoms with Gasteiger partial charge in [0.2, 0.25) is 0 Å². The van der Waals surface area contributed by atoms with Crippen LogP contribution in [0, 0.1) is 0 Å². The molecule has 2 heterocycles. The lowest BCUT2D eigenvalue weighted by Gasteiger charge is -2.09. The number of esters is 1. The number of aromatic nitrogens is 3. The van der Waals surface area contributed by atoms with Gasteiger partial charge in [0, 0.05) is 41.4 Å². The van der Waals surface area contributed by atoms with Crippen molar-refractivity contribution < 1.29 is 9.53 Å². The summed E-state index contributed by atoms with van der Waals surface area (Å²) in [6.45, 7) is 0.604. The van der Waals surface area contributed by atoms with Crippen molar-refractivity contribution in [3.8, 4) is 11.4 Å². The van der Waals surface area contributed by atoms with Crippen LogP contribution in [0.4, 0.5) is 0 Å². The number of methoxy groups -OCH3 is 1. The van der Waals surface area contributed by atoms with Crippen molar-refractivity contribution in [3.05, 3.63) is 70.7 Å². The van der Waals surface area contributed by atoms with Crippen LogP contribution in [0.5, 0.6) is 0 Å². The number of benzene rings is 1. The molecule has 3 rings (SSSR count). The minimum absolute atomic E-state index is 0.339. The molecule has 0 unspecified atom stereocenters. The Kier molecular flexibility index (Phi) is 4.52. The third-order valence-corrected chi connectivity index (χ3v) is 3.81. The van der Waals surface area contributed by atoms with Crippen molar-refractivity contribution in [2.24, 2.45) is 0 Å². The average molecular weight is 372 g/mol. The van der Waals surface area contributed by atoms with Crippen LogP contribution >= 0.6 is 15.9 Å². The minimum atomic E-state index is -0.339. The average Bonchev–Trinajstić information content (AvgIpc) is 3.02. The van der Waals surface area contributed by atoms with E-state index in [4.69, 9.17) is 4.74 Å². The lowest BCUT2D eigenvalue weighted by atomic mass is 10.1. The Morgan fingerprint density at radius 2 is 2.17 bits per heavy atom. The Labute approximate surface area is 142 Å². The van der Waals surface area contributed by atoms with E-state index >= 15 is 0 Å². The largest absolute Gasteiger partial charge is 0.465 e. The molecule has 1 aromatic carbocycles. The Hall–Kier alpha value is -2.47. The number of halogens is 1. The number of carbonyl (C=O) groups is 1. The highest BCUT2D eigenvalue weighted by Gasteiger charge is 2.09. The molecule has 0 aliphatic rings. The number of nitrogens with zero attached hydrogens (tertiary/aromatic N) is 3. The zero-order chi connectivity index (χ0) is 16.2. The van der Waals surface area contributed by atoms with E-state index < -0.39 is 0 Å². The molecule has 0 saturated heterocycles. The summed E-state index contributed by atoms with van der Waals surface area (Å²) in [6.07, 6.45) is 7.16. The fourth-order valence-electron chi connectivity index (χ4n) is 2.34. The molecule has 0 amide bonds. The quantitative estimate of drug-likeness (QED) is 0.658. The fourth-order valence-corrected chi connectivity index (χ4v) is 2.71. The smallest absolute Gasteiger partial charge is 0.337 e. The van der Waals surface area contributed by atoms with E-state index in [2.05, 4.69) is 25.9 Å². The van der Waals surface area contributed by atoms with Gasteiger partial charge in [-0.05, 0) is 39.7 Å². The molecule has 0 atom stereocenters. The molecule has 0 saturated carbocycles. The first kappa shape index (κ1) is 15.4. The highest BCUT2D eigenvalue weighted by Crippen LogP contribution is 2.21.